The number of nitrogens with one attached hydrogen (secondary N) is 3. The average molecular weight is 459 g/mol. The van der Waals surface area contributed by atoms with Gasteiger partial charge in [-0.25, -0.2) is 13.1 Å². The summed E-state index contributed by atoms with van der Waals surface area (Å²) in [4.78, 5) is 26.4. The Balaban J connectivity index is 1.48. The summed E-state index contributed by atoms with van der Waals surface area (Å²) in [6.07, 6.45) is 1.82. The fourth-order valence-electron chi connectivity index (χ4n) is 3.74. The summed E-state index contributed by atoms with van der Waals surface area (Å²) in [5.41, 5.74) is 2.16. The van der Waals surface area contributed by atoms with Gasteiger partial charge < -0.3 is 10.6 Å². The lowest BCUT2D eigenvalue weighted by atomic mass is 9.98. The zero-order valence-corrected chi connectivity index (χ0v) is 19.2. The van der Waals surface area contributed by atoms with Crippen LogP contribution in [0.3, 0.4) is 0 Å². The molecule has 1 atom stereocenters. The molecule has 1 unspecified atom stereocenters. The van der Waals surface area contributed by atoms with E-state index in [1.165, 1.54) is 0 Å². The number of anilines is 1. The van der Waals surface area contributed by atoms with Crippen molar-refractivity contribution in [2.45, 2.75) is 24.7 Å². The Morgan fingerprint density at radius 3 is 2.41 bits per heavy atom. The molecular weight excluding hydrogens is 428 g/mol. The number of carbonyl (C=O) groups excluding carboxylic acids is 2. The summed E-state index contributed by atoms with van der Waals surface area (Å²) in [6, 6.07) is 13.5. The number of aryl methyl sites for hydroxylation is 1. The fraction of sp³-hybridized carbons (Fsp3) is 0.391. The van der Waals surface area contributed by atoms with Gasteiger partial charge in [0, 0.05) is 31.4 Å². The summed E-state index contributed by atoms with van der Waals surface area (Å²) < 4.78 is 27.7. The van der Waals surface area contributed by atoms with Gasteiger partial charge >= 0.3 is 0 Å². The van der Waals surface area contributed by atoms with Crippen LogP contribution in [0.4, 0.5) is 5.69 Å². The molecule has 0 bridgehead atoms. The molecule has 32 heavy (non-hydrogen) atoms. The lowest BCUT2D eigenvalue weighted by Crippen LogP contribution is -2.43. The molecule has 1 saturated heterocycles. The quantitative estimate of drug-likeness (QED) is 0.561. The molecule has 0 aliphatic carbocycles. The van der Waals surface area contributed by atoms with Gasteiger partial charge in [0.25, 0.3) is 5.91 Å². The first kappa shape index (κ1) is 23.9. The van der Waals surface area contributed by atoms with Crippen molar-refractivity contribution in [3.05, 3.63) is 59.7 Å². The Morgan fingerprint density at radius 1 is 1.06 bits per heavy atom. The molecule has 1 fully saturated rings. The normalized spacial score (nSPS) is 17.0. The lowest BCUT2D eigenvalue weighted by Gasteiger charge is -2.32. The van der Waals surface area contributed by atoms with E-state index in [1.54, 1.807) is 55.6 Å². The Labute approximate surface area is 189 Å². The van der Waals surface area contributed by atoms with Crippen LogP contribution in [-0.2, 0) is 14.8 Å². The molecule has 1 aliphatic heterocycles. The van der Waals surface area contributed by atoms with Crippen LogP contribution in [0, 0.1) is 12.8 Å². The van der Waals surface area contributed by atoms with Crippen molar-refractivity contribution in [2.24, 2.45) is 5.92 Å². The maximum Gasteiger partial charge on any atom is 0.251 e. The molecule has 0 radical (unpaired) electrons. The maximum absolute atomic E-state index is 12.5. The number of amides is 2. The first-order valence-electron chi connectivity index (χ1n) is 10.7. The van der Waals surface area contributed by atoms with Crippen LogP contribution in [0.1, 0.15) is 28.8 Å². The average Bonchev–Trinajstić information content (AvgIpc) is 2.78. The second-order valence-electron chi connectivity index (χ2n) is 8.11. The molecule has 3 N–H and O–H groups in total. The molecule has 0 saturated carbocycles. The van der Waals surface area contributed by atoms with Crippen molar-refractivity contribution in [1.29, 1.82) is 0 Å². The standard InChI is InChI=1S/C23H30N4O4S/c1-17-5-11-21(12-6-17)32(30,31)25-14-18-4-3-13-27(15-18)16-22(28)26-20-9-7-19(8-10-20)23(29)24-2/h5-12,18,25H,3-4,13-16H2,1-2H3,(H,24,29)(H,26,28). The zero-order chi connectivity index (χ0) is 23.1. The minimum absolute atomic E-state index is 0.140. The first-order valence-corrected chi connectivity index (χ1v) is 12.2. The molecule has 0 aromatic heterocycles. The van der Waals surface area contributed by atoms with Crippen LogP contribution >= 0.6 is 0 Å². The fourth-order valence-corrected chi connectivity index (χ4v) is 4.86. The van der Waals surface area contributed by atoms with E-state index in [4.69, 9.17) is 0 Å². The Morgan fingerprint density at radius 2 is 1.75 bits per heavy atom. The van der Waals surface area contributed by atoms with E-state index in [0.29, 0.717) is 24.3 Å². The summed E-state index contributed by atoms with van der Waals surface area (Å²) in [6.45, 7) is 3.94. The van der Waals surface area contributed by atoms with Gasteiger partial charge in [0.1, 0.15) is 0 Å². The number of hydrogen-bond acceptors (Lipinski definition) is 5. The molecular formula is C23H30N4O4S. The number of carbonyl (C=O) groups is 2. The maximum atomic E-state index is 12.5. The predicted octanol–water partition coefficient (Wildman–Crippen LogP) is 1.98. The molecule has 172 valence electrons. The third-order valence-corrected chi connectivity index (χ3v) is 6.96. The molecule has 2 amide bonds. The van der Waals surface area contributed by atoms with E-state index in [2.05, 4.69) is 15.4 Å². The second kappa shape index (κ2) is 10.7. The third-order valence-electron chi connectivity index (χ3n) is 5.52. The lowest BCUT2D eigenvalue weighted by molar-refractivity contribution is -0.117. The van der Waals surface area contributed by atoms with Crippen LogP contribution in [0.2, 0.25) is 0 Å². The number of benzene rings is 2. The minimum atomic E-state index is -3.55. The highest BCUT2D eigenvalue weighted by Gasteiger charge is 2.24. The highest BCUT2D eigenvalue weighted by Crippen LogP contribution is 2.18. The molecule has 1 heterocycles. The highest BCUT2D eigenvalue weighted by molar-refractivity contribution is 7.89. The van der Waals surface area contributed by atoms with Gasteiger partial charge in [-0.2, -0.15) is 0 Å². The number of nitrogens with zero attached hydrogens (tertiary/aromatic N) is 1. The van der Waals surface area contributed by atoms with Gasteiger partial charge in [-0.05, 0) is 68.6 Å². The van der Waals surface area contributed by atoms with Gasteiger partial charge in [0.2, 0.25) is 15.9 Å². The van der Waals surface area contributed by atoms with Crippen LogP contribution < -0.4 is 15.4 Å². The van der Waals surface area contributed by atoms with Crippen molar-refractivity contribution in [3.8, 4) is 0 Å². The van der Waals surface area contributed by atoms with Gasteiger partial charge in [-0.15, -0.1) is 0 Å². The number of rotatable bonds is 8. The van der Waals surface area contributed by atoms with E-state index in [0.717, 1.165) is 24.9 Å². The Bertz CT molecular complexity index is 1040. The monoisotopic (exact) mass is 458 g/mol. The van der Waals surface area contributed by atoms with E-state index < -0.39 is 10.0 Å². The zero-order valence-electron chi connectivity index (χ0n) is 18.4. The van der Waals surface area contributed by atoms with Crippen molar-refractivity contribution < 1.29 is 18.0 Å². The Hall–Kier alpha value is -2.75. The molecule has 8 nitrogen and oxygen atoms in total. The summed E-state index contributed by atoms with van der Waals surface area (Å²) in [7, 11) is -1.98. The van der Waals surface area contributed by atoms with E-state index in [1.807, 2.05) is 11.8 Å². The van der Waals surface area contributed by atoms with E-state index >= 15 is 0 Å². The van der Waals surface area contributed by atoms with Gasteiger partial charge in [0.05, 0.1) is 11.4 Å². The highest BCUT2D eigenvalue weighted by atomic mass is 32.2. The summed E-state index contributed by atoms with van der Waals surface area (Å²) in [5, 5.41) is 5.40. The second-order valence-corrected chi connectivity index (χ2v) is 9.88. The molecule has 9 heteroatoms. The summed E-state index contributed by atoms with van der Waals surface area (Å²) in [5.74, 6) is -0.178. The summed E-state index contributed by atoms with van der Waals surface area (Å²) >= 11 is 0. The molecule has 0 spiro atoms. The van der Waals surface area contributed by atoms with Gasteiger partial charge in [0.15, 0.2) is 0 Å². The largest absolute Gasteiger partial charge is 0.355 e. The van der Waals surface area contributed by atoms with Crippen molar-refractivity contribution in [3.63, 3.8) is 0 Å². The molecule has 1 aliphatic rings. The van der Waals surface area contributed by atoms with Gasteiger partial charge in [-0.3, -0.25) is 14.5 Å². The molecule has 2 aromatic rings. The predicted molar refractivity (Wildman–Crippen MR) is 124 cm³/mol. The van der Waals surface area contributed by atoms with Crippen LogP contribution in [-0.4, -0.2) is 58.4 Å². The Kier molecular flexibility index (Phi) is 8.00. The van der Waals surface area contributed by atoms with Crippen LogP contribution in [0.5, 0.6) is 0 Å². The topological polar surface area (TPSA) is 108 Å². The van der Waals surface area contributed by atoms with Crippen LogP contribution in [0.15, 0.2) is 53.4 Å². The molecule has 3 rings (SSSR count). The number of likely N-dealkylation sites (tertiary alicyclic amines) is 1. The first-order chi connectivity index (χ1) is 15.3. The van der Waals surface area contributed by atoms with E-state index in [-0.39, 0.29) is 29.2 Å². The number of hydrogen-bond donors (Lipinski definition) is 3. The van der Waals surface area contributed by atoms with Gasteiger partial charge in [-0.1, -0.05) is 17.7 Å². The third kappa shape index (κ3) is 6.62. The number of sulfonamides is 1. The van der Waals surface area contributed by atoms with E-state index in [9.17, 15) is 18.0 Å². The number of piperidine rings is 1. The minimum Gasteiger partial charge on any atom is -0.355 e. The molecule has 2 aromatic carbocycles. The van der Waals surface area contributed by atoms with Crippen LogP contribution in [0.25, 0.3) is 0 Å². The SMILES string of the molecule is CNC(=O)c1ccc(NC(=O)CN2CCCC(CNS(=O)(=O)c3ccc(C)cc3)C2)cc1. The van der Waals surface area contributed by atoms with Crippen molar-refractivity contribution in [2.75, 3.05) is 38.5 Å². The smallest absolute Gasteiger partial charge is 0.251 e. The van der Waals surface area contributed by atoms with Crippen molar-refractivity contribution in [1.82, 2.24) is 14.9 Å². The van der Waals surface area contributed by atoms with Crippen molar-refractivity contribution >= 4 is 27.5 Å².